The zero-order valence-electron chi connectivity index (χ0n) is 17.8. The fourth-order valence-corrected chi connectivity index (χ4v) is 4.68. The number of thiocarbonyl (C=S) groups is 1. The van der Waals surface area contributed by atoms with Crippen LogP contribution in [0.25, 0.3) is 17.3 Å². The molecule has 7 nitrogen and oxygen atoms in total. The van der Waals surface area contributed by atoms with E-state index in [9.17, 15) is 9.59 Å². The number of aryl methyl sites for hydroxylation is 2. The molecule has 0 spiro atoms. The smallest absolute Gasteiger partial charge is 0.266 e. The molecule has 0 aliphatic carbocycles. The number of carbonyl (C=O) groups is 2. The minimum absolute atomic E-state index is 0.0414. The molecule has 2 aromatic carbocycles. The maximum absolute atomic E-state index is 12.8. The number of rotatable bonds is 6. The first-order chi connectivity index (χ1) is 15.8. The normalized spacial score (nSPS) is 14.9. The quantitative estimate of drug-likeness (QED) is 0.367. The second-order valence-corrected chi connectivity index (χ2v) is 9.58. The number of anilines is 1. The van der Waals surface area contributed by atoms with Crippen molar-refractivity contribution < 1.29 is 14.2 Å². The lowest BCUT2D eigenvalue weighted by Crippen LogP contribution is -2.31. The first-order valence-electron chi connectivity index (χ1n) is 10.0. The minimum atomic E-state index is -0.326. The molecule has 3 aromatic rings. The van der Waals surface area contributed by atoms with E-state index < -0.39 is 0 Å². The van der Waals surface area contributed by atoms with Crippen LogP contribution in [-0.2, 0) is 9.59 Å². The molecule has 2 amide bonds. The Morgan fingerprint density at radius 2 is 1.97 bits per heavy atom. The van der Waals surface area contributed by atoms with Crippen LogP contribution in [0, 0.1) is 13.8 Å². The van der Waals surface area contributed by atoms with Crippen LogP contribution in [0.3, 0.4) is 0 Å². The lowest BCUT2D eigenvalue weighted by Gasteiger charge is -2.13. The van der Waals surface area contributed by atoms with Gasteiger partial charge < -0.3 is 5.32 Å². The lowest BCUT2D eigenvalue weighted by molar-refractivity contribution is -0.122. The fourth-order valence-electron chi connectivity index (χ4n) is 3.25. The van der Waals surface area contributed by atoms with E-state index in [1.165, 1.54) is 16.7 Å². The predicted molar refractivity (Wildman–Crippen MR) is 134 cm³/mol. The average Bonchev–Trinajstić information content (AvgIpc) is 3.34. The van der Waals surface area contributed by atoms with Crippen LogP contribution in [0.15, 0.2) is 52.0 Å². The number of aromatic nitrogens is 2. The summed E-state index contributed by atoms with van der Waals surface area (Å²) in [6, 6.07) is 13.1. The minimum Gasteiger partial charge on any atom is -0.306 e. The van der Waals surface area contributed by atoms with Gasteiger partial charge in [0, 0.05) is 23.6 Å². The van der Waals surface area contributed by atoms with Crippen molar-refractivity contribution in [2.24, 2.45) is 0 Å². The van der Waals surface area contributed by atoms with Crippen molar-refractivity contribution in [3.8, 4) is 11.3 Å². The Kier molecular flexibility index (Phi) is 6.92. The fraction of sp³-hybridized carbons (Fsp3) is 0.174. The molecule has 1 aliphatic rings. The van der Waals surface area contributed by atoms with Crippen LogP contribution in [0.5, 0.6) is 0 Å². The molecule has 1 aromatic heterocycles. The monoisotopic (exact) mass is 498 g/mol. The molecule has 0 saturated carbocycles. The first-order valence-corrected chi connectivity index (χ1v) is 11.6. The van der Waals surface area contributed by atoms with Crippen LogP contribution < -0.4 is 5.32 Å². The van der Waals surface area contributed by atoms with Crippen molar-refractivity contribution in [1.29, 1.82) is 0 Å². The Bertz CT molecular complexity index is 1270. The summed E-state index contributed by atoms with van der Waals surface area (Å²) < 4.78 is 5.28. The maximum Gasteiger partial charge on any atom is 0.266 e. The van der Waals surface area contributed by atoms with E-state index in [0.29, 0.717) is 19.9 Å². The zero-order valence-corrected chi connectivity index (χ0v) is 20.2. The summed E-state index contributed by atoms with van der Waals surface area (Å²) in [7, 11) is 0. The highest BCUT2D eigenvalue weighted by Crippen LogP contribution is 2.33. The largest absolute Gasteiger partial charge is 0.306 e. The van der Waals surface area contributed by atoms with E-state index in [-0.39, 0.29) is 30.6 Å². The van der Waals surface area contributed by atoms with Crippen molar-refractivity contribution in [2.45, 2.75) is 20.3 Å². The Hall–Kier alpha value is -3.01. The Labute approximate surface area is 205 Å². The molecule has 0 atom stereocenters. The van der Waals surface area contributed by atoms with Gasteiger partial charge in [0.25, 0.3) is 5.91 Å². The van der Waals surface area contributed by atoms with Crippen LogP contribution in [0.1, 0.15) is 23.1 Å². The van der Waals surface area contributed by atoms with Gasteiger partial charge >= 0.3 is 0 Å². The van der Waals surface area contributed by atoms with Crippen LogP contribution in [0.2, 0.25) is 5.02 Å². The average molecular weight is 499 g/mol. The van der Waals surface area contributed by atoms with Gasteiger partial charge in [0.2, 0.25) is 11.7 Å². The van der Waals surface area contributed by atoms with E-state index in [2.05, 4.69) is 15.6 Å². The van der Waals surface area contributed by atoms with E-state index in [4.69, 9.17) is 28.4 Å². The Balaban J connectivity index is 1.40. The third kappa shape index (κ3) is 5.32. The summed E-state index contributed by atoms with van der Waals surface area (Å²) in [6.45, 7) is 4.07. The molecular formula is C23H19ClN4O3S2. The van der Waals surface area contributed by atoms with Gasteiger partial charge in [0.1, 0.15) is 4.32 Å². The van der Waals surface area contributed by atoms with Crippen molar-refractivity contribution in [3.05, 3.63) is 69.1 Å². The second-order valence-electron chi connectivity index (χ2n) is 7.46. The first kappa shape index (κ1) is 23.2. The molecule has 168 valence electrons. The van der Waals surface area contributed by atoms with E-state index in [0.717, 1.165) is 22.3 Å². The third-order valence-corrected chi connectivity index (χ3v) is 6.63. The number of benzene rings is 2. The summed E-state index contributed by atoms with van der Waals surface area (Å²) in [6.07, 6.45) is 1.80. The lowest BCUT2D eigenvalue weighted by atomic mass is 10.0. The van der Waals surface area contributed by atoms with Crippen molar-refractivity contribution >= 4 is 63.6 Å². The van der Waals surface area contributed by atoms with Gasteiger partial charge in [-0.2, -0.15) is 0 Å². The van der Waals surface area contributed by atoms with Crippen LogP contribution in [-0.4, -0.2) is 37.9 Å². The molecule has 1 N–H and O–H groups in total. The number of halogens is 1. The van der Waals surface area contributed by atoms with E-state index in [1.54, 1.807) is 18.2 Å². The Morgan fingerprint density at radius 1 is 1.21 bits per heavy atom. The number of carbonyl (C=O) groups excluding carboxylic acids is 2. The van der Waals surface area contributed by atoms with Crippen molar-refractivity contribution in [2.75, 3.05) is 11.9 Å². The highest BCUT2D eigenvalue weighted by Gasteiger charge is 2.32. The molecule has 1 aliphatic heterocycles. The molecule has 0 unspecified atom stereocenters. The topological polar surface area (TPSA) is 88.3 Å². The highest BCUT2D eigenvalue weighted by molar-refractivity contribution is 8.26. The van der Waals surface area contributed by atoms with Gasteiger partial charge in [0.05, 0.1) is 4.91 Å². The summed E-state index contributed by atoms with van der Waals surface area (Å²) >= 11 is 12.5. The summed E-state index contributed by atoms with van der Waals surface area (Å²) in [4.78, 5) is 27.3. The molecule has 1 fully saturated rings. The molecule has 10 heteroatoms. The van der Waals surface area contributed by atoms with Crippen LogP contribution >= 0.6 is 35.6 Å². The number of thioether (sulfide) groups is 1. The third-order valence-electron chi connectivity index (χ3n) is 5.00. The SMILES string of the molecule is Cc1ccc(C)c(-c2nonc2NC(=O)CCN2C(=O)/C(=C/c3ccc(Cl)cc3)SC2=S)c1. The van der Waals surface area contributed by atoms with Crippen LogP contribution in [0.4, 0.5) is 5.82 Å². The number of nitrogens with zero attached hydrogens (tertiary/aromatic N) is 3. The highest BCUT2D eigenvalue weighted by atomic mass is 35.5. The van der Waals surface area contributed by atoms with Crippen molar-refractivity contribution in [3.63, 3.8) is 0 Å². The molecule has 4 rings (SSSR count). The summed E-state index contributed by atoms with van der Waals surface area (Å²) in [5.41, 5.74) is 4.17. The van der Waals surface area contributed by atoms with E-state index >= 15 is 0 Å². The molecule has 0 bridgehead atoms. The number of hydrogen-bond acceptors (Lipinski definition) is 7. The molecule has 1 saturated heterocycles. The number of hydrogen-bond donors (Lipinski definition) is 1. The number of nitrogens with one attached hydrogen (secondary N) is 1. The van der Waals surface area contributed by atoms with Gasteiger partial charge in [-0.3, -0.25) is 14.5 Å². The number of amides is 2. The molecule has 0 radical (unpaired) electrons. The zero-order chi connectivity index (χ0) is 23.5. The predicted octanol–water partition coefficient (Wildman–Crippen LogP) is 5.24. The van der Waals surface area contributed by atoms with E-state index in [1.807, 2.05) is 44.2 Å². The molecule has 33 heavy (non-hydrogen) atoms. The van der Waals surface area contributed by atoms with Crippen molar-refractivity contribution in [1.82, 2.24) is 15.2 Å². The molecule has 2 heterocycles. The van der Waals surface area contributed by atoms with Gasteiger partial charge in [-0.15, -0.1) is 0 Å². The Morgan fingerprint density at radius 3 is 2.73 bits per heavy atom. The van der Waals surface area contributed by atoms with Gasteiger partial charge in [-0.05, 0) is 59.6 Å². The van der Waals surface area contributed by atoms with Gasteiger partial charge in [0.15, 0.2) is 5.69 Å². The second kappa shape index (κ2) is 9.86. The summed E-state index contributed by atoms with van der Waals surface area (Å²) in [5.74, 6) is -0.318. The molecular weight excluding hydrogens is 480 g/mol. The van der Waals surface area contributed by atoms with Gasteiger partial charge in [-0.1, -0.05) is 65.4 Å². The van der Waals surface area contributed by atoms with Gasteiger partial charge in [-0.25, -0.2) is 4.63 Å². The standard InChI is InChI=1S/C23H19ClN4O3S2/c1-13-3-4-14(2)17(11-13)20-21(27-31-26-20)25-19(29)9-10-28-22(30)18(33-23(28)32)12-15-5-7-16(24)8-6-15/h3-8,11-12H,9-10H2,1-2H3,(H,25,27,29)/b18-12-. The summed E-state index contributed by atoms with van der Waals surface area (Å²) in [5, 5.41) is 11.1. The maximum atomic E-state index is 12.8.